The smallest absolute Gasteiger partial charge is 0.314 e. The molecular weight excluding hydrogens is 332 g/mol. The van der Waals surface area contributed by atoms with E-state index in [4.69, 9.17) is 20.6 Å². The summed E-state index contributed by atoms with van der Waals surface area (Å²) < 4.78 is 11.1. The van der Waals surface area contributed by atoms with Gasteiger partial charge in [0.2, 0.25) is 0 Å². The number of esters is 2. The molecule has 6 nitrogen and oxygen atoms in total. The Bertz CT molecular complexity index is 689. The molecule has 2 aliphatic rings. The van der Waals surface area contributed by atoms with Crippen LogP contribution in [0.5, 0.6) is 11.5 Å². The average molecular weight is 358 g/mol. The Morgan fingerprint density at radius 2 is 1.42 bits per heavy atom. The highest BCUT2D eigenvalue weighted by atomic mass is 16.6. The highest BCUT2D eigenvalue weighted by Gasteiger charge is 2.29. The van der Waals surface area contributed by atoms with Crippen molar-refractivity contribution in [3.63, 3.8) is 0 Å². The van der Waals surface area contributed by atoms with Crippen molar-refractivity contribution in [3.05, 3.63) is 23.8 Å². The van der Waals surface area contributed by atoms with Crippen molar-refractivity contribution in [2.24, 2.45) is 17.6 Å². The average Bonchev–Trinajstić information content (AvgIpc) is 3.18. The van der Waals surface area contributed by atoms with E-state index in [0.717, 1.165) is 57.8 Å². The molecule has 0 heterocycles. The number of nitrogens with two attached hydrogens (primary N) is 1. The molecule has 0 unspecified atom stereocenters. The van der Waals surface area contributed by atoms with Gasteiger partial charge in [-0.25, -0.2) is 0 Å². The molecule has 2 fully saturated rings. The summed E-state index contributed by atoms with van der Waals surface area (Å²) in [6.45, 7) is 0. The van der Waals surface area contributed by atoms with Crippen molar-refractivity contribution >= 4 is 17.8 Å². The van der Waals surface area contributed by atoms with Crippen molar-refractivity contribution < 1.29 is 19.1 Å². The molecule has 3 rings (SSSR count). The maximum atomic E-state index is 12.6. The summed E-state index contributed by atoms with van der Waals surface area (Å²) in [4.78, 5) is 25.0. The van der Waals surface area contributed by atoms with E-state index in [1.807, 2.05) is 0 Å². The van der Waals surface area contributed by atoms with Gasteiger partial charge >= 0.3 is 11.9 Å². The molecule has 0 atom stereocenters. The number of nitrogens with one attached hydrogen (secondary N) is 1. The van der Waals surface area contributed by atoms with Crippen LogP contribution in [0.25, 0.3) is 0 Å². The number of hydrogen-bond donors (Lipinski definition) is 2. The Hall–Kier alpha value is -2.37. The molecule has 3 N–H and O–H groups in total. The zero-order chi connectivity index (χ0) is 18.5. The molecule has 6 heteroatoms. The van der Waals surface area contributed by atoms with Gasteiger partial charge in [-0.1, -0.05) is 38.2 Å². The molecule has 0 saturated heterocycles. The fourth-order valence-electron chi connectivity index (χ4n) is 3.79. The molecule has 0 spiro atoms. The Kier molecular flexibility index (Phi) is 5.91. The van der Waals surface area contributed by atoms with Gasteiger partial charge in [-0.2, -0.15) is 0 Å². The maximum Gasteiger partial charge on any atom is 0.314 e. The lowest BCUT2D eigenvalue weighted by Gasteiger charge is -2.21. The molecule has 0 bridgehead atoms. The van der Waals surface area contributed by atoms with E-state index in [0.29, 0.717) is 0 Å². The summed E-state index contributed by atoms with van der Waals surface area (Å²) in [5.41, 5.74) is 5.91. The minimum Gasteiger partial charge on any atom is -0.422 e. The van der Waals surface area contributed by atoms with E-state index in [1.165, 1.54) is 0 Å². The first-order valence-corrected chi connectivity index (χ1v) is 9.47. The fraction of sp³-hybridized carbons (Fsp3) is 0.550. The van der Waals surface area contributed by atoms with Crippen LogP contribution in [-0.4, -0.2) is 17.8 Å². The first-order chi connectivity index (χ1) is 12.6. The summed E-state index contributed by atoms with van der Waals surface area (Å²) in [6, 6.07) is 4.83. The second-order valence-electron chi connectivity index (χ2n) is 7.21. The normalized spacial score (nSPS) is 18.5. The van der Waals surface area contributed by atoms with E-state index >= 15 is 0 Å². The maximum absolute atomic E-state index is 12.6. The van der Waals surface area contributed by atoms with E-state index in [-0.39, 0.29) is 46.7 Å². The number of nitrogen functional groups attached to an aromatic ring is 1. The lowest BCUT2D eigenvalue weighted by Crippen LogP contribution is -2.25. The number of rotatable bonds is 5. The lowest BCUT2D eigenvalue weighted by molar-refractivity contribution is -0.142. The predicted molar refractivity (Wildman–Crippen MR) is 97.3 cm³/mol. The third-order valence-electron chi connectivity index (χ3n) is 5.31. The van der Waals surface area contributed by atoms with Gasteiger partial charge in [0, 0.05) is 0 Å². The second-order valence-corrected chi connectivity index (χ2v) is 7.21. The van der Waals surface area contributed by atoms with Gasteiger partial charge in [-0.3, -0.25) is 15.0 Å². The van der Waals surface area contributed by atoms with E-state index in [1.54, 1.807) is 18.2 Å². The van der Waals surface area contributed by atoms with Gasteiger partial charge in [0.1, 0.15) is 5.84 Å². The van der Waals surface area contributed by atoms with Crippen molar-refractivity contribution in [1.29, 1.82) is 5.41 Å². The molecule has 0 aromatic heterocycles. The van der Waals surface area contributed by atoms with Crippen LogP contribution in [0.15, 0.2) is 18.2 Å². The second kappa shape index (κ2) is 8.34. The van der Waals surface area contributed by atoms with E-state index in [9.17, 15) is 9.59 Å². The van der Waals surface area contributed by atoms with Crippen molar-refractivity contribution in [2.75, 3.05) is 0 Å². The van der Waals surface area contributed by atoms with Crippen molar-refractivity contribution in [3.8, 4) is 11.5 Å². The van der Waals surface area contributed by atoms with Gasteiger partial charge in [-0.05, 0) is 37.8 Å². The van der Waals surface area contributed by atoms with Crippen molar-refractivity contribution in [1.82, 2.24) is 0 Å². The standard InChI is InChI=1S/C20H26N2O4/c21-18(22)15-11-6-12-16(25-19(23)13-9-4-5-10-13)17(15)26-20(24)14-7-2-1-3-8-14/h6,11-14H,1-5,7-10H2,(H3,21,22). The Balaban J connectivity index is 1.81. The van der Waals surface area contributed by atoms with Crippen LogP contribution in [0.3, 0.4) is 0 Å². The minimum absolute atomic E-state index is 0.0851. The number of ether oxygens (including phenoxy) is 2. The summed E-state index contributed by atoms with van der Waals surface area (Å²) in [5, 5.41) is 7.76. The number of amidine groups is 1. The third kappa shape index (κ3) is 4.23. The Labute approximate surface area is 153 Å². The van der Waals surface area contributed by atoms with Crippen LogP contribution in [0.1, 0.15) is 63.4 Å². The highest BCUT2D eigenvalue weighted by Crippen LogP contribution is 2.35. The van der Waals surface area contributed by atoms with E-state index in [2.05, 4.69) is 0 Å². The van der Waals surface area contributed by atoms with Gasteiger partial charge in [0.15, 0.2) is 11.5 Å². The first kappa shape index (κ1) is 18.4. The predicted octanol–water partition coefficient (Wildman–Crippen LogP) is 3.55. The van der Waals surface area contributed by atoms with E-state index < -0.39 is 0 Å². The van der Waals surface area contributed by atoms with Crippen LogP contribution in [0.4, 0.5) is 0 Å². The third-order valence-corrected chi connectivity index (χ3v) is 5.31. The van der Waals surface area contributed by atoms with Crippen molar-refractivity contribution in [2.45, 2.75) is 57.8 Å². The quantitative estimate of drug-likeness (QED) is 0.363. The minimum atomic E-state index is -0.337. The zero-order valence-electron chi connectivity index (χ0n) is 15.0. The number of hydrogen-bond acceptors (Lipinski definition) is 5. The van der Waals surface area contributed by atoms with Crippen LogP contribution in [0, 0.1) is 17.2 Å². The number of carbonyl (C=O) groups is 2. The molecule has 2 aliphatic carbocycles. The summed E-state index contributed by atoms with van der Waals surface area (Å²) in [6.07, 6.45) is 8.46. The molecule has 26 heavy (non-hydrogen) atoms. The summed E-state index contributed by atoms with van der Waals surface area (Å²) in [7, 11) is 0. The molecule has 1 aromatic rings. The largest absolute Gasteiger partial charge is 0.422 e. The van der Waals surface area contributed by atoms with Gasteiger partial charge in [0.05, 0.1) is 17.4 Å². The molecular formula is C20H26N2O4. The number of para-hydroxylation sites is 1. The number of benzene rings is 1. The summed E-state index contributed by atoms with van der Waals surface area (Å²) in [5.74, 6) is -0.884. The Morgan fingerprint density at radius 1 is 0.885 bits per heavy atom. The molecule has 2 saturated carbocycles. The van der Waals surface area contributed by atoms with Gasteiger partial charge in [-0.15, -0.1) is 0 Å². The molecule has 140 valence electrons. The SMILES string of the molecule is N=C(N)c1cccc(OC(=O)C2CCCC2)c1OC(=O)C1CCCCC1. The molecule has 0 radical (unpaired) electrons. The van der Waals surface area contributed by atoms with Gasteiger partial charge < -0.3 is 15.2 Å². The van der Waals surface area contributed by atoms with Crippen LogP contribution in [0.2, 0.25) is 0 Å². The molecule has 0 amide bonds. The zero-order valence-corrected chi connectivity index (χ0v) is 15.0. The lowest BCUT2D eigenvalue weighted by atomic mass is 9.89. The van der Waals surface area contributed by atoms with Crippen LogP contribution < -0.4 is 15.2 Å². The highest BCUT2D eigenvalue weighted by molar-refractivity contribution is 5.99. The summed E-state index contributed by atoms with van der Waals surface area (Å²) >= 11 is 0. The Morgan fingerprint density at radius 3 is 2.00 bits per heavy atom. The van der Waals surface area contributed by atoms with Gasteiger partial charge in [0.25, 0.3) is 0 Å². The topological polar surface area (TPSA) is 102 Å². The fourth-order valence-corrected chi connectivity index (χ4v) is 3.79. The number of carbonyl (C=O) groups excluding carboxylic acids is 2. The monoisotopic (exact) mass is 358 g/mol. The van der Waals surface area contributed by atoms with Crippen LogP contribution in [-0.2, 0) is 9.59 Å². The first-order valence-electron chi connectivity index (χ1n) is 9.47. The molecule has 0 aliphatic heterocycles. The molecule has 1 aromatic carbocycles. The van der Waals surface area contributed by atoms with Crippen LogP contribution >= 0.6 is 0 Å².